The van der Waals surface area contributed by atoms with Crippen molar-refractivity contribution in [2.24, 2.45) is 11.3 Å². The Kier molecular flexibility index (Phi) is 9.52. The van der Waals surface area contributed by atoms with E-state index in [4.69, 9.17) is 16.3 Å². The van der Waals surface area contributed by atoms with Crippen LogP contribution in [0.1, 0.15) is 37.3 Å². The number of nitrogens with zero attached hydrogens (tertiary/aromatic N) is 1. The van der Waals surface area contributed by atoms with Crippen molar-refractivity contribution < 1.29 is 9.53 Å². The highest BCUT2D eigenvalue weighted by Gasteiger charge is 2.49. The van der Waals surface area contributed by atoms with Crippen molar-refractivity contribution in [2.75, 3.05) is 45.9 Å². The molecule has 2 saturated heterocycles. The first-order valence-corrected chi connectivity index (χ1v) is 10.6. The van der Waals surface area contributed by atoms with Crippen LogP contribution in [0, 0.1) is 11.3 Å². The number of benzene rings is 1. The van der Waals surface area contributed by atoms with E-state index in [0.717, 1.165) is 62.8 Å². The number of hydrogen-bond donors (Lipinski definition) is 2. The molecule has 3 aliphatic rings. The van der Waals surface area contributed by atoms with Gasteiger partial charge < -0.3 is 15.4 Å². The first kappa shape index (κ1) is 24.7. The topological polar surface area (TPSA) is 53.6 Å². The minimum absolute atomic E-state index is 0. The van der Waals surface area contributed by atoms with Gasteiger partial charge in [0.25, 0.3) is 0 Å². The van der Waals surface area contributed by atoms with Gasteiger partial charge in [-0.3, -0.25) is 9.69 Å². The Labute approximate surface area is 191 Å². The first-order valence-electron chi connectivity index (χ1n) is 10.3. The molecule has 0 spiro atoms. The monoisotopic (exact) mass is 463 g/mol. The molecule has 1 aliphatic carbocycles. The molecule has 0 aromatic heterocycles. The summed E-state index contributed by atoms with van der Waals surface area (Å²) in [4.78, 5) is 15.7. The van der Waals surface area contributed by atoms with Crippen molar-refractivity contribution in [3.05, 3.63) is 34.9 Å². The fourth-order valence-corrected chi connectivity index (χ4v) is 5.32. The van der Waals surface area contributed by atoms with Crippen LogP contribution in [0.25, 0.3) is 0 Å². The number of morpholine rings is 1. The van der Waals surface area contributed by atoms with E-state index in [-0.39, 0.29) is 42.2 Å². The van der Waals surface area contributed by atoms with Crippen molar-refractivity contribution >= 4 is 42.3 Å². The second kappa shape index (κ2) is 11.2. The van der Waals surface area contributed by atoms with E-state index in [1.54, 1.807) is 0 Å². The smallest absolute Gasteiger partial charge is 0.227 e. The molecule has 1 saturated carbocycles. The minimum Gasteiger partial charge on any atom is -0.379 e. The maximum atomic E-state index is 13.3. The molecule has 1 aromatic rings. The number of carbonyl (C=O) groups is 1. The summed E-state index contributed by atoms with van der Waals surface area (Å²) in [5.74, 6) is 0.719. The van der Waals surface area contributed by atoms with Gasteiger partial charge >= 0.3 is 0 Å². The van der Waals surface area contributed by atoms with Gasteiger partial charge in [-0.25, -0.2) is 0 Å². The average Bonchev–Trinajstić information content (AvgIpc) is 3.14. The van der Waals surface area contributed by atoms with Crippen molar-refractivity contribution in [3.8, 4) is 0 Å². The van der Waals surface area contributed by atoms with Gasteiger partial charge in [-0.05, 0) is 43.0 Å². The van der Waals surface area contributed by atoms with E-state index < -0.39 is 0 Å². The highest BCUT2D eigenvalue weighted by Crippen LogP contribution is 2.44. The molecular weight excluding hydrogens is 433 g/mol. The number of rotatable bonds is 5. The third-order valence-electron chi connectivity index (χ3n) is 6.67. The third-order valence-corrected chi connectivity index (χ3v) is 6.90. The number of ether oxygens (including phenoxy) is 1. The van der Waals surface area contributed by atoms with Crippen LogP contribution in [0.5, 0.6) is 0 Å². The molecule has 1 aromatic carbocycles. The van der Waals surface area contributed by atoms with Crippen LogP contribution in [0.2, 0.25) is 5.02 Å². The molecule has 2 aliphatic heterocycles. The second-order valence-electron chi connectivity index (χ2n) is 8.16. The molecule has 8 heteroatoms. The van der Waals surface area contributed by atoms with E-state index in [2.05, 4.69) is 21.6 Å². The maximum Gasteiger partial charge on any atom is 0.227 e. The standard InChI is InChI=1S/C21H30ClN3O2.2ClH/c22-18-6-3-4-16(12-18)19(25-8-10-27-11-9-25)14-24-20(26)21-7-2-1-5-17(21)13-23-15-21;;/h3-4,6,12,17,19,23H,1-2,5,7-11,13-15H2,(H,24,26);2*1H/t17-,19?,21+;;/m0../s1. The van der Waals surface area contributed by atoms with Crippen LogP contribution in [0.3, 0.4) is 0 Å². The van der Waals surface area contributed by atoms with Gasteiger partial charge in [0.1, 0.15) is 0 Å². The molecule has 3 fully saturated rings. The molecule has 2 heterocycles. The maximum absolute atomic E-state index is 13.3. The number of halogens is 3. The normalized spacial score (nSPS) is 27.8. The van der Waals surface area contributed by atoms with E-state index >= 15 is 0 Å². The lowest BCUT2D eigenvalue weighted by atomic mass is 9.67. The predicted octanol–water partition coefficient (Wildman–Crippen LogP) is 3.45. The number of fused-ring (bicyclic) bond motifs is 1. The third kappa shape index (κ3) is 5.38. The fourth-order valence-electron chi connectivity index (χ4n) is 5.12. The van der Waals surface area contributed by atoms with Gasteiger partial charge in [-0.15, -0.1) is 24.8 Å². The first-order chi connectivity index (χ1) is 13.2. The highest BCUT2D eigenvalue weighted by atomic mass is 35.5. The van der Waals surface area contributed by atoms with Crippen LogP contribution in [0.15, 0.2) is 24.3 Å². The summed E-state index contributed by atoms with van der Waals surface area (Å²) in [7, 11) is 0. The summed E-state index contributed by atoms with van der Waals surface area (Å²) < 4.78 is 5.52. The Balaban J connectivity index is 0.00000150. The van der Waals surface area contributed by atoms with E-state index in [1.807, 2.05) is 18.2 Å². The molecule has 29 heavy (non-hydrogen) atoms. The Morgan fingerprint density at radius 2 is 2.10 bits per heavy atom. The number of amides is 1. The summed E-state index contributed by atoms with van der Waals surface area (Å²) in [6.45, 7) is 5.65. The Morgan fingerprint density at radius 3 is 2.86 bits per heavy atom. The Bertz CT molecular complexity index is 672. The van der Waals surface area contributed by atoms with Crippen molar-refractivity contribution in [1.82, 2.24) is 15.5 Å². The van der Waals surface area contributed by atoms with Crippen LogP contribution in [-0.4, -0.2) is 56.7 Å². The molecule has 0 radical (unpaired) electrons. The molecule has 1 unspecified atom stereocenters. The summed E-state index contributed by atoms with van der Waals surface area (Å²) in [5, 5.41) is 7.54. The molecule has 2 N–H and O–H groups in total. The van der Waals surface area contributed by atoms with Crippen LogP contribution in [0.4, 0.5) is 0 Å². The van der Waals surface area contributed by atoms with Gasteiger partial charge in [0.05, 0.1) is 24.7 Å². The van der Waals surface area contributed by atoms with Gasteiger partial charge in [0, 0.05) is 31.2 Å². The summed E-state index contributed by atoms with van der Waals surface area (Å²) in [6, 6.07) is 8.15. The SMILES string of the molecule is Cl.Cl.O=C(NCC(c1cccc(Cl)c1)N1CCOCC1)[C@@]12CCCC[C@H]1CNC2. The largest absolute Gasteiger partial charge is 0.379 e. The molecule has 164 valence electrons. The van der Waals surface area contributed by atoms with Crippen molar-refractivity contribution in [1.29, 1.82) is 0 Å². The number of carbonyl (C=O) groups excluding carboxylic acids is 1. The Morgan fingerprint density at radius 1 is 1.31 bits per heavy atom. The van der Waals surface area contributed by atoms with Gasteiger partial charge in [0.15, 0.2) is 0 Å². The number of hydrogen-bond acceptors (Lipinski definition) is 4. The lowest BCUT2D eigenvalue weighted by Crippen LogP contribution is -2.50. The highest BCUT2D eigenvalue weighted by molar-refractivity contribution is 6.30. The van der Waals surface area contributed by atoms with Crippen LogP contribution < -0.4 is 10.6 Å². The number of nitrogens with one attached hydrogen (secondary N) is 2. The molecule has 5 nitrogen and oxygen atoms in total. The molecule has 3 atom stereocenters. The van der Waals surface area contributed by atoms with E-state index in [9.17, 15) is 4.79 Å². The molecule has 4 rings (SSSR count). The van der Waals surface area contributed by atoms with E-state index in [0.29, 0.717) is 12.5 Å². The summed E-state index contributed by atoms with van der Waals surface area (Å²) >= 11 is 6.25. The van der Waals surface area contributed by atoms with Crippen molar-refractivity contribution in [3.63, 3.8) is 0 Å². The lowest BCUT2D eigenvalue weighted by Gasteiger charge is -2.39. The van der Waals surface area contributed by atoms with Gasteiger partial charge in [-0.1, -0.05) is 36.6 Å². The zero-order valence-electron chi connectivity index (χ0n) is 16.7. The van der Waals surface area contributed by atoms with Crippen LogP contribution in [-0.2, 0) is 9.53 Å². The second-order valence-corrected chi connectivity index (χ2v) is 8.60. The van der Waals surface area contributed by atoms with Gasteiger partial charge in [0.2, 0.25) is 5.91 Å². The zero-order valence-corrected chi connectivity index (χ0v) is 19.1. The van der Waals surface area contributed by atoms with Gasteiger partial charge in [-0.2, -0.15) is 0 Å². The summed E-state index contributed by atoms with van der Waals surface area (Å²) in [5.41, 5.74) is 0.953. The predicted molar refractivity (Wildman–Crippen MR) is 121 cm³/mol. The molecule has 0 bridgehead atoms. The lowest BCUT2D eigenvalue weighted by molar-refractivity contribution is -0.134. The minimum atomic E-state index is -0.206. The average molecular weight is 465 g/mol. The zero-order chi connectivity index (χ0) is 18.7. The molecular formula is C21H32Cl3N3O2. The fraction of sp³-hybridized carbons (Fsp3) is 0.667. The quantitative estimate of drug-likeness (QED) is 0.701. The van der Waals surface area contributed by atoms with Crippen LogP contribution >= 0.6 is 36.4 Å². The van der Waals surface area contributed by atoms with Crippen molar-refractivity contribution in [2.45, 2.75) is 31.7 Å². The molecule has 1 amide bonds. The summed E-state index contributed by atoms with van der Waals surface area (Å²) in [6.07, 6.45) is 4.59. The Hall–Kier alpha value is -0.560. The van der Waals surface area contributed by atoms with E-state index in [1.165, 1.54) is 12.8 Å².